The van der Waals surface area contributed by atoms with Gasteiger partial charge in [-0.2, -0.15) is 4.39 Å². The van der Waals surface area contributed by atoms with Crippen molar-refractivity contribution in [3.8, 4) is 0 Å². The summed E-state index contributed by atoms with van der Waals surface area (Å²) < 4.78 is 12.8. The second kappa shape index (κ2) is 3.67. The van der Waals surface area contributed by atoms with E-state index in [0.29, 0.717) is 11.5 Å². The average molecular weight is 170 g/mol. The molecule has 1 rings (SSSR count). The normalized spacial score (nSPS) is 11.6. The third-order valence-corrected chi connectivity index (χ3v) is 2.02. The van der Waals surface area contributed by atoms with Gasteiger partial charge >= 0.3 is 0 Å². The van der Waals surface area contributed by atoms with E-state index in [1.54, 1.807) is 11.4 Å². The van der Waals surface area contributed by atoms with Crippen LogP contribution in [0.4, 0.5) is 4.39 Å². The molecule has 0 fully saturated rings. The van der Waals surface area contributed by atoms with Crippen molar-refractivity contribution in [2.75, 3.05) is 0 Å². The molecule has 0 nitrogen and oxygen atoms in total. The van der Waals surface area contributed by atoms with Crippen molar-refractivity contribution in [1.82, 2.24) is 0 Å². The summed E-state index contributed by atoms with van der Waals surface area (Å²) in [6.07, 6.45) is 3.82. The fraction of sp³-hybridized carbons (Fsp3) is 0.333. The maximum atomic E-state index is 12.8. The van der Waals surface area contributed by atoms with Gasteiger partial charge in [0, 0.05) is 5.56 Å². The smallest absolute Gasteiger partial charge is 0.183 e. The Morgan fingerprint density at radius 1 is 1.55 bits per heavy atom. The Labute approximate surface area is 70.4 Å². The van der Waals surface area contributed by atoms with Gasteiger partial charge in [0.15, 0.2) is 5.13 Å². The zero-order chi connectivity index (χ0) is 8.27. The molecule has 0 aliphatic heterocycles. The Kier molecular flexibility index (Phi) is 2.83. The summed E-state index contributed by atoms with van der Waals surface area (Å²) in [5.41, 5.74) is 0.698. The molecule has 0 N–H and O–H groups in total. The summed E-state index contributed by atoms with van der Waals surface area (Å²) in [6, 6.07) is 1.79. The van der Waals surface area contributed by atoms with Gasteiger partial charge in [-0.3, -0.25) is 0 Å². The molecular formula is C9H11FS. The molecule has 0 saturated heterocycles. The Hall–Kier alpha value is -0.630. The summed E-state index contributed by atoms with van der Waals surface area (Å²) in [5, 5.41) is 1.66. The first-order valence-corrected chi connectivity index (χ1v) is 4.49. The van der Waals surface area contributed by atoms with E-state index < -0.39 is 0 Å². The van der Waals surface area contributed by atoms with Crippen LogP contribution in [0.3, 0.4) is 0 Å². The molecule has 0 unspecified atom stereocenters. The predicted octanol–water partition coefficient (Wildman–Crippen LogP) is 3.56. The standard InChI is InChI=1S/C9H11FS/c1-7(2)3-4-8-5-6-11-9(8)10/h3-7H,1-2H3/b4-3+. The summed E-state index contributed by atoms with van der Waals surface area (Å²) in [6.45, 7) is 4.14. The molecule has 0 bridgehead atoms. The first kappa shape index (κ1) is 8.47. The van der Waals surface area contributed by atoms with Crippen molar-refractivity contribution < 1.29 is 4.39 Å². The molecule has 11 heavy (non-hydrogen) atoms. The minimum atomic E-state index is -0.0955. The van der Waals surface area contributed by atoms with Crippen molar-refractivity contribution in [1.29, 1.82) is 0 Å². The van der Waals surface area contributed by atoms with E-state index in [0.717, 1.165) is 11.3 Å². The third-order valence-electron chi connectivity index (χ3n) is 1.31. The van der Waals surface area contributed by atoms with Gasteiger partial charge in [-0.25, -0.2) is 0 Å². The summed E-state index contributed by atoms with van der Waals surface area (Å²) >= 11 is 1.14. The molecule has 0 spiro atoms. The van der Waals surface area contributed by atoms with Crippen molar-refractivity contribution in [2.45, 2.75) is 13.8 Å². The van der Waals surface area contributed by atoms with Crippen molar-refractivity contribution in [3.05, 3.63) is 28.2 Å². The first-order valence-electron chi connectivity index (χ1n) is 3.61. The van der Waals surface area contributed by atoms with E-state index in [1.165, 1.54) is 0 Å². The quantitative estimate of drug-likeness (QED) is 0.636. The second-order valence-electron chi connectivity index (χ2n) is 2.75. The molecule has 0 saturated carbocycles. The SMILES string of the molecule is CC(C)/C=C/c1ccsc1F. The van der Waals surface area contributed by atoms with E-state index >= 15 is 0 Å². The molecule has 1 heterocycles. The molecule has 0 aliphatic rings. The highest BCUT2D eigenvalue weighted by molar-refractivity contribution is 7.08. The van der Waals surface area contributed by atoms with E-state index in [2.05, 4.69) is 13.8 Å². The topological polar surface area (TPSA) is 0 Å². The van der Waals surface area contributed by atoms with Gasteiger partial charge in [-0.05, 0) is 17.4 Å². The lowest BCUT2D eigenvalue weighted by molar-refractivity contribution is 0.654. The van der Waals surface area contributed by atoms with Crippen LogP contribution in [-0.4, -0.2) is 0 Å². The number of hydrogen-bond donors (Lipinski definition) is 0. The van der Waals surface area contributed by atoms with Crippen molar-refractivity contribution in [3.63, 3.8) is 0 Å². The molecule has 0 radical (unpaired) electrons. The highest BCUT2D eigenvalue weighted by Gasteiger charge is 1.97. The van der Waals surface area contributed by atoms with Gasteiger partial charge in [0.1, 0.15) is 0 Å². The van der Waals surface area contributed by atoms with Crippen LogP contribution in [0.15, 0.2) is 17.5 Å². The first-order chi connectivity index (χ1) is 5.20. The van der Waals surface area contributed by atoms with Gasteiger partial charge in [0.05, 0.1) is 0 Å². The molecular weight excluding hydrogens is 159 g/mol. The monoisotopic (exact) mass is 170 g/mol. The van der Waals surface area contributed by atoms with Crippen LogP contribution in [0.25, 0.3) is 6.08 Å². The molecule has 0 atom stereocenters. The van der Waals surface area contributed by atoms with E-state index in [9.17, 15) is 4.39 Å². The van der Waals surface area contributed by atoms with Crippen LogP contribution >= 0.6 is 11.3 Å². The Morgan fingerprint density at radius 2 is 2.27 bits per heavy atom. The van der Waals surface area contributed by atoms with Gasteiger partial charge in [-0.1, -0.05) is 26.0 Å². The average Bonchev–Trinajstić information content (AvgIpc) is 2.31. The minimum Gasteiger partial charge on any atom is -0.194 e. The van der Waals surface area contributed by atoms with Gasteiger partial charge in [0.2, 0.25) is 0 Å². The fourth-order valence-corrected chi connectivity index (χ4v) is 1.32. The molecule has 0 amide bonds. The lowest BCUT2D eigenvalue weighted by atomic mass is 10.2. The second-order valence-corrected chi connectivity index (χ2v) is 3.62. The summed E-state index contributed by atoms with van der Waals surface area (Å²) in [5.74, 6) is 0.481. The zero-order valence-electron chi connectivity index (χ0n) is 6.67. The number of hydrogen-bond acceptors (Lipinski definition) is 1. The summed E-state index contributed by atoms with van der Waals surface area (Å²) in [4.78, 5) is 0. The van der Waals surface area contributed by atoms with Gasteiger partial charge in [-0.15, -0.1) is 11.3 Å². The summed E-state index contributed by atoms with van der Waals surface area (Å²) in [7, 11) is 0. The molecule has 1 aromatic rings. The maximum Gasteiger partial charge on any atom is 0.183 e. The zero-order valence-corrected chi connectivity index (χ0v) is 7.49. The van der Waals surface area contributed by atoms with Crippen LogP contribution < -0.4 is 0 Å². The van der Waals surface area contributed by atoms with Crippen LogP contribution in [0.2, 0.25) is 0 Å². The van der Waals surface area contributed by atoms with Gasteiger partial charge in [0.25, 0.3) is 0 Å². The number of rotatable bonds is 2. The molecule has 60 valence electrons. The van der Waals surface area contributed by atoms with Crippen molar-refractivity contribution in [2.24, 2.45) is 5.92 Å². The molecule has 2 heteroatoms. The largest absolute Gasteiger partial charge is 0.194 e. The van der Waals surface area contributed by atoms with Crippen LogP contribution in [0.1, 0.15) is 19.4 Å². The Bertz CT molecular complexity index is 248. The molecule has 1 aromatic heterocycles. The fourth-order valence-electron chi connectivity index (χ4n) is 0.718. The highest BCUT2D eigenvalue weighted by Crippen LogP contribution is 2.16. The number of allylic oxidation sites excluding steroid dienone is 1. The Balaban J connectivity index is 2.71. The van der Waals surface area contributed by atoms with Crippen LogP contribution in [-0.2, 0) is 0 Å². The number of thiophene rings is 1. The van der Waals surface area contributed by atoms with Gasteiger partial charge < -0.3 is 0 Å². The lowest BCUT2D eigenvalue weighted by Crippen LogP contribution is -1.77. The van der Waals surface area contributed by atoms with E-state index in [-0.39, 0.29) is 5.13 Å². The lowest BCUT2D eigenvalue weighted by Gasteiger charge is -1.91. The van der Waals surface area contributed by atoms with E-state index in [4.69, 9.17) is 0 Å². The van der Waals surface area contributed by atoms with Crippen LogP contribution in [0.5, 0.6) is 0 Å². The number of halogens is 1. The van der Waals surface area contributed by atoms with Crippen LogP contribution in [0, 0.1) is 11.0 Å². The molecule has 0 aromatic carbocycles. The predicted molar refractivity (Wildman–Crippen MR) is 48.1 cm³/mol. The van der Waals surface area contributed by atoms with Crippen molar-refractivity contribution >= 4 is 17.4 Å². The Morgan fingerprint density at radius 3 is 2.73 bits per heavy atom. The van der Waals surface area contributed by atoms with E-state index in [1.807, 2.05) is 12.2 Å². The maximum absolute atomic E-state index is 12.8. The minimum absolute atomic E-state index is 0.0955. The molecule has 0 aliphatic carbocycles. The highest BCUT2D eigenvalue weighted by atomic mass is 32.1. The third kappa shape index (κ3) is 2.46.